The Hall–Kier alpha value is -8.72. The lowest BCUT2D eigenvalue weighted by Crippen LogP contribution is -2.26. The summed E-state index contributed by atoms with van der Waals surface area (Å²) in [5, 5.41) is 2.31. The van der Waals surface area contributed by atoms with Crippen molar-refractivity contribution in [2.24, 2.45) is 0 Å². The van der Waals surface area contributed by atoms with Gasteiger partial charge in [-0.05, 0) is 137 Å². The summed E-state index contributed by atoms with van der Waals surface area (Å²) < 4.78 is 7.61. The molecule has 328 valence electrons. The van der Waals surface area contributed by atoms with Crippen molar-refractivity contribution in [1.29, 1.82) is 0 Å². The fourth-order valence-corrected chi connectivity index (χ4v) is 13.0. The van der Waals surface area contributed by atoms with Gasteiger partial charge in [0, 0.05) is 33.5 Å². The zero-order valence-corrected chi connectivity index (χ0v) is 38.9. The van der Waals surface area contributed by atoms with Crippen molar-refractivity contribution in [3.63, 3.8) is 0 Å². The molecule has 2 nitrogen and oxygen atoms in total. The first-order valence-corrected chi connectivity index (χ1v) is 24.5. The summed E-state index contributed by atoms with van der Waals surface area (Å²) in [6.45, 7) is 4.74. The highest BCUT2D eigenvalue weighted by Crippen LogP contribution is 2.64. The second-order valence-electron chi connectivity index (χ2n) is 19.9. The van der Waals surface area contributed by atoms with Gasteiger partial charge in [0.05, 0.1) is 11.1 Å². The molecule has 0 atom stereocenters. The third kappa shape index (κ3) is 5.23. The average Bonchev–Trinajstić information content (AvgIpc) is 3.92. The molecular weight excluding hydrogens is 847 g/mol. The largest absolute Gasteiger partial charge is 0.454 e. The molecule has 0 amide bonds. The van der Waals surface area contributed by atoms with E-state index in [0.29, 0.717) is 0 Å². The monoisotopic (exact) mass is 891 g/mol. The third-order valence-electron chi connectivity index (χ3n) is 16.1. The van der Waals surface area contributed by atoms with Crippen molar-refractivity contribution in [2.45, 2.75) is 24.7 Å². The summed E-state index contributed by atoms with van der Waals surface area (Å²) in [6, 6.07) is 88.0. The molecule has 2 heteroatoms. The van der Waals surface area contributed by atoms with Gasteiger partial charge in [-0.25, -0.2) is 0 Å². The van der Waals surface area contributed by atoms with Crippen LogP contribution in [0.2, 0.25) is 0 Å². The molecule has 15 rings (SSSR count). The van der Waals surface area contributed by atoms with Crippen LogP contribution in [0.25, 0.3) is 77.5 Å². The van der Waals surface area contributed by atoms with Crippen LogP contribution in [-0.4, -0.2) is 0 Å². The van der Waals surface area contributed by atoms with Crippen molar-refractivity contribution < 1.29 is 4.74 Å². The highest BCUT2D eigenvalue weighted by atomic mass is 16.5. The molecule has 3 aliphatic carbocycles. The van der Waals surface area contributed by atoms with Crippen LogP contribution in [0.4, 0.5) is 17.1 Å². The molecular formula is C68H45NO. The van der Waals surface area contributed by atoms with Crippen molar-refractivity contribution in [1.82, 2.24) is 0 Å². The highest BCUT2D eigenvalue weighted by Gasteiger charge is 2.52. The van der Waals surface area contributed by atoms with E-state index in [9.17, 15) is 0 Å². The molecule has 1 aliphatic heterocycles. The van der Waals surface area contributed by atoms with Crippen molar-refractivity contribution in [2.75, 3.05) is 4.90 Å². The summed E-state index contributed by atoms with van der Waals surface area (Å²) in [7, 11) is 0. The maximum absolute atomic E-state index is 7.61. The Morgan fingerprint density at radius 1 is 0.329 bits per heavy atom. The zero-order chi connectivity index (χ0) is 46.3. The summed E-state index contributed by atoms with van der Waals surface area (Å²) in [5.41, 5.74) is 24.9. The quantitative estimate of drug-likeness (QED) is 0.175. The van der Waals surface area contributed by atoms with Crippen LogP contribution in [0.15, 0.2) is 237 Å². The number of para-hydroxylation sites is 1. The average molecular weight is 892 g/mol. The Balaban J connectivity index is 1.02. The maximum Gasteiger partial charge on any atom is 0.159 e. The number of hydrogen-bond acceptors (Lipinski definition) is 2. The second-order valence-corrected chi connectivity index (χ2v) is 19.9. The van der Waals surface area contributed by atoms with E-state index in [4.69, 9.17) is 4.74 Å². The Labute approximate surface area is 408 Å². The molecule has 0 N–H and O–H groups in total. The van der Waals surface area contributed by atoms with E-state index in [1.807, 2.05) is 0 Å². The zero-order valence-electron chi connectivity index (χ0n) is 38.9. The Morgan fingerprint density at radius 3 is 1.46 bits per heavy atom. The van der Waals surface area contributed by atoms with Gasteiger partial charge in [0.2, 0.25) is 0 Å². The van der Waals surface area contributed by atoms with Gasteiger partial charge in [-0.3, -0.25) is 0 Å². The minimum Gasteiger partial charge on any atom is -0.454 e. The topological polar surface area (TPSA) is 12.5 Å². The second kappa shape index (κ2) is 14.4. The number of ether oxygens (including phenoxy) is 1. The minimum atomic E-state index is -0.501. The number of hydrogen-bond donors (Lipinski definition) is 0. The van der Waals surface area contributed by atoms with E-state index in [1.165, 1.54) is 88.8 Å². The van der Waals surface area contributed by atoms with Gasteiger partial charge >= 0.3 is 0 Å². The SMILES string of the molecule is CC1(C)c2ccccc2-c2ccc(N(c3ccc4c(c3)C3(c5ccccc5-c5ccccc53)c3ccccc3-4)c3cccc4c3Oc3cc5ccccc5cc3-c3c(-c5ccccc5)cccc3-4)cc21. The van der Waals surface area contributed by atoms with Crippen LogP contribution in [0.1, 0.15) is 47.2 Å². The van der Waals surface area contributed by atoms with Crippen LogP contribution in [-0.2, 0) is 10.8 Å². The molecule has 70 heavy (non-hydrogen) atoms. The third-order valence-corrected chi connectivity index (χ3v) is 16.1. The lowest BCUT2D eigenvalue weighted by Gasteiger charge is -2.33. The number of anilines is 3. The normalized spacial score (nSPS) is 14.2. The van der Waals surface area contributed by atoms with Crippen LogP contribution < -0.4 is 9.64 Å². The molecule has 1 spiro atoms. The molecule has 0 unspecified atom stereocenters. The molecule has 0 aromatic heterocycles. The summed E-state index contributed by atoms with van der Waals surface area (Å²) in [6.07, 6.45) is 0. The predicted molar refractivity (Wildman–Crippen MR) is 289 cm³/mol. The summed E-state index contributed by atoms with van der Waals surface area (Å²) in [5.74, 6) is 1.66. The molecule has 0 saturated heterocycles. The molecule has 4 aliphatic rings. The highest BCUT2D eigenvalue weighted by molar-refractivity contribution is 6.05. The van der Waals surface area contributed by atoms with E-state index >= 15 is 0 Å². The molecule has 0 fully saturated rings. The predicted octanol–water partition coefficient (Wildman–Crippen LogP) is 18.1. The van der Waals surface area contributed by atoms with E-state index in [2.05, 4.69) is 255 Å². The first-order chi connectivity index (χ1) is 34.5. The first-order valence-electron chi connectivity index (χ1n) is 24.5. The molecule has 0 saturated carbocycles. The Bertz CT molecular complexity index is 3960. The van der Waals surface area contributed by atoms with Gasteiger partial charge in [-0.2, -0.15) is 0 Å². The number of rotatable bonds is 4. The first kappa shape index (κ1) is 39.3. The fourth-order valence-electron chi connectivity index (χ4n) is 13.0. The Kier molecular flexibility index (Phi) is 8.08. The van der Waals surface area contributed by atoms with Gasteiger partial charge in [0.1, 0.15) is 5.75 Å². The van der Waals surface area contributed by atoms with E-state index < -0.39 is 5.41 Å². The molecule has 11 aromatic rings. The van der Waals surface area contributed by atoms with Crippen LogP contribution in [0, 0.1) is 0 Å². The smallest absolute Gasteiger partial charge is 0.159 e. The van der Waals surface area contributed by atoms with E-state index in [-0.39, 0.29) is 5.41 Å². The van der Waals surface area contributed by atoms with Crippen molar-refractivity contribution in [3.05, 3.63) is 270 Å². The molecule has 0 radical (unpaired) electrons. The van der Waals surface area contributed by atoms with Crippen molar-refractivity contribution in [3.8, 4) is 78.3 Å². The van der Waals surface area contributed by atoms with Crippen LogP contribution in [0.3, 0.4) is 0 Å². The van der Waals surface area contributed by atoms with Gasteiger partial charge < -0.3 is 9.64 Å². The van der Waals surface area contributed by atoms with Gasteiger partial charge in [0.25, 0.3) is 0 Å². The van der Waals surface area contributed by atoms with E-state index in [1.54, 1.807) is 0 Å². The van der Waals surface area contributed by atoms with Gasteiger partial charge in [-0.1, -0.05) is 208 Å². The molecule has 11 aromatic carbocycles. The van der Waals surface area contributed by atoms with Gasteiger partial charge in [-0.15, -0.1) is 0 Å². The van der Waals surface area contributed by atoms with Crippen LogP contribution in [0.5, 0.6) is 11.5 Å². The summed E-state index contributed by atoms with van der Waals surface area (Å²) in [4.78, 5) is 2.48. The number of benzene rings is 11. The molecule has 1 heterocycles. The van der Waals surface area contributed by atoms with E-state index in [0.717, 1.165) is 50.6 Å². The lowest BCUT2D eigenvalue weighted by atomic mass is 9.70. The van der Waals surface area contributed by atoms with Crippen LogP contribution >= 0.6 is 0 Å². The molecule has 0 bridgehead atoms. The maximum atomic E-state index is 7.61. The Morgan fingerprint density at radius 2 is 0.800 bits per heavy atom. The standard InChI is InChI=1S/C68H45NO/c1-67(2)57-29-12-8-22-48(57)52-36-34-45(40-61(52)67)69(46-35-37-53-51-25-11-15-32-60(51)68(62(53)41-46)58-30-13-9-23-49(58)50-24-10-14-31-59(50)68)63-33-17-28-55-54-27-16-26-47(42-18-4-3-5-19-42)65(54)56-38-43-20-6-7-21-44(43)39-64(56)70-66(55)63/h3-41H,1-2H3. The minimum absolute atomic E-state index is 0.203. The summed E-state index contributed by atoms with van der Waals surface area (Å²) >= 11 is 0. The van der Waals surface area contributed by atoms with Gasteiger partial charge in [0.15, 0.2) is 5.75 Å². The number of fused-ring (bicyclic) bond motifs is 19. The number of nitrogens with zero attached hydrogens (tertiary/aromatic N) is 1. The fraction of sp³-hybridized carbons (Fsp3) is 0.0588. The van der Waals surface area contributed by atoms with Crippen molar-refractivity contribution >= 4 is 27.8 Å². The lowest BCUT2D eigenvalue weighted by molar-refractivity contribution is 0.489.